The van der Waals surface area contributed by atoms with Crippen molar-refractivity contribution in [2.45, 2.75) is 14.7 Å². The molecular weight excluding hydrogens is 672 g/mol. The lowest BCUT2D eigenvalue weighted by molar-refractivity contribution is -0.432. The number of phenols is 2. The SMILES string of the molecule is O=S(=O)(O)c1ccc(Nc2cc(F)nc(F)n2)cc1/N=N/c1cc(/N=N/c2cc(SOOO)ccc2S(=O)(=O)O)c(O)cc1O. The third-order valence-electron chi connectivity index (χ3n) is 5.15. The molecule has 1 aromatic heterocycles. The van der Waals surface area contributed by atoms with Gasteiger partial charge in [0.1, 0.15) is 49.9 Å². The maximum atomic E-state index is 13.4. The zero-order valence-electron chi connectivity index (χ0n) is 21.5. The summed E-state index contributed by atoms with van der Waals surface area (Å²) in [6.07, 6.45) is -1.39. The van der Waals surface area contributed by atoms with Gasteiger partial charge in [0, 0.05) is 28.8 Å². The Morgan fingerprint density at radius 1 is 0.733 bits per heavy atom. The van der Waals surface area contributed by atoms with Crippen molar-refractivity contribution in [3.63, 3.8) is 0 Å². The quantitative estimate of drug-likeness (QED) is 0.0211. The molecule has 0 aliphatic carbocycles. The minimum Gasteiger partial charge on any atom is -0.505 e. The molecule has 1 heterocycles. The number of benzene rings is 3. The number of nitrogens with one attached hydrogen (secondary N) is 1. The molecule has 0 unspecified atom stereocenters. The van der Waals surface area contributed by atoms with Crippen LogP contribution in [0.1, 0.15) is 0 Å². The minimum absolute atomic E-state index is 0.0238. The predicted molar refractivity (Wildman–Crippen MR) is 147 cm³/mol. The molecule has 0 fully saturated rings. The molecule has 0 bridgehead atoms. The normalized spacial score (nSPS) is 12.3. The topological polar surface area (TPSA) is 275 Å². The van der Waals surface area contributed by atoms with E-state index in [9.17, 15) is 44.9 Å². The van der Waals surface area contributed by atoms with Crippen LogP contribution in [0.25, 0.3) is 0 Å². The average molecular weight is 688 g/mol. The van der Waals surface area contributed by atoms with Gasteiger partial charge in [0.25, 0.3) is 20.2 Å². The summed E-state index contributed by atoms with van der Waals surface area (Å²) in [5.41, 5.74) is -1.91. The van der Waals surface area contributed by atoms with Gasteiger partial charge in [0.05, 0.1) is 12.0 Å². The summed E-state index contributed by atoms with van der Waals surface area (Å²) < 4.78 is 97.5. The first-order chi connectivity index (χ1) is 21.1. The number of anilines is 2. The number of halogens is 2. The maximum Gasteiger partial charge on any atom is 0.313 e. The number of aromatic hydroxyl groups is 2. The van der Waals surface area contributed by atoms with Crippen molar-refractivity contribution in [2.24, 2.45) is 20.5 Å². The highest BCUT2D eigenvalue weighted by molar-refractivity contribution is 7.94. The van der Waals surface area contributed by atoms with E-state index in [1.165, 1.54) is 0 Å². The molecule has 0 aliphatic heterocycles. The monoisotopic (exact) mass is 687 g/mol. The third-order valence-corrected chi connectivity index (χ3v) is 7.53. The van der Waals surface area contributed by atoms with Crippen LogP contribution in [0, 0.1) is 12.0 Å². The molecule has 4 rings (SSSR count). The zero-order chi connectivity index (χ0) is 32.9. The molecule has 3 aromatic carbocycles. The van der Waals surface area contributed by atoms with Crippen molar-refractivity contribution in [3.8, 4) is 11.5 Å². The van der Waals surface area contributed by atoms with Crippen LogP contribution >= 0.6 is 12.0 Å². The first-order valence-corrected chi connectivity index (χ1v) is 15.0. The minimum atomic E-state index is -4.90. The molecule has 0 amide bonds. The van der Waals surface area contributed by atoms with E-state index < -0.39 is 76.3 Å². The van der Waals surface area contributed by atoms with E-state index in [2.05, 4.69) is 45.1 Å². The Hall–Kier alpha value is -4.75. The van der Waals surface area contributed by atoms with Gasteiger partial charge in [-0.25, -0.2) is 5.26 Å². The second-order valence-electron chi connectivity index (χ2n) is 8.19. The van der Waals surface area contributed by atoms with Gasteiger partial charge in [-0.3, -0.25) is 9.11 Å². The van der Waals surface area contributed by atoms with Crippen LogP contribution in [0.3, 0.4) is 0 Å². The fourth-order valence-corrected chi connectivity index (χ4v) is 4.92. The first-order valence-electron chi connectivity index (χ1n) is 11.4. The molecule has 236 valence electrons. The van der Waals surface area contributed by atoms with Crippen LogP contribution in [-0.4, -0.2) is 51.4 Å². The second kappa shape index (κ2) is 13.5. The zero-order valence-corrected chi connectivity index (χ0v) is 24.0. The molecule has 0 saturated heterocycles. The first kappa shape index (κ1) is 33.1. The predicted octanol–water partition coefficient (Wildman–Crippen LogP) is 5.66. The number of phenolic OH excluding ortho intramolecular Hbond substituents is 2. The molecule has 4 aromatic rings. The summed E-state index contributed by atoms with van der Waals surface area (Å²) in [7, 11) is -9.72. The van der Waals surface area contributed by atoms with E-state index >= 15 is 0 Å². The van der Waals surface area contributed by atoms with Gasteiger partial charge < -0.3 is 15.5 Å². The van der Waals surface area contributed by atoms with Crippen molar-refractivity contribution in [2.75, 3.05) is 5.32 Å². The summed E-state index contributed by atoms with van der Waals surface area (Å²) in [5, 5.41) is 49.6. The van der Waals surface area contributed by atoms with Gasteiger partial charge in [-0.1, -0.05) is 5.04 Å². The largest absolute Gasteiger partial charge is 0.505 e. The van der Waals surface area contributed by atoms with Gasteiger partial charge >= 0.3 is 6.08 Å². The highest BCUT2D eigenvalue weighted by atomic mass is 32.2. The summed E-state index contributed by atoms with van der Waals surface area (Å²) in [5.74, 6) is -2.96. The highest BCUT2D eigenvalue weighted by Gasteiger charge is 2.19. The van der Waals surface area contributed by atoms with Crippen molar-refractivity contribution >= 4 is 66.5 Å². The lowest BCUT2D eigenvalue weighted by Gasteiger charge is -2.08. The summed E-state index contributed by atoms with van der Waals surface area (Å²) >= 11 is 0.428. The summed E-state index contributed by atoms with van der Waals surface area (Å²) in [4.78, 5) is 4.82. The van der Waals surface area contributed by atoms with E-state index in [0.717, 1.165) is 54.6 Å². The molecule has 0 spiro atoms. The highest BCUT2D eigenvalue weighted by Crippen LogP contribution is 2.41. The van der Waals surface area contributed by atoms with Crippen LogP contribution in [0.5, 0.6) is 11.5 Å². The molecule has 0 atom stereocenters. The van der Waals surface area contributed by atoms with Crippen LogP contribution < -0.4 is 5.32 Å². The average Bonchev–Trinajstić information content (AvgIpc) is 2.93. The molecular formula is C22H15F2N7O11S3. The Balaban J connectivity index is 1.71. The smallest absolute Gasteiger partial charge is 0.313 e. The summed E-state index contributed by atoms with van der Waals surface area (Å²) in [6, 6.07) is 8.50. The van der Waals surface area contributed by atoms with Gasteiger partial charge in [-0.2, -0.15) is 35.6 Å². The lowest BCUT2D eigenvalue weighted by Crippen LogP contribution is -2.02. The number of azo groups is 2. The van der Waals surface area contributed by atoms with E-state index in [-0.39, 0.29) is 16.4 Å². The second-order valence-corrected chi connectivity index (χ2v) is 11.7. The molecule has 0 radical (unpaired) electrons. The van der Waals surface area contributed by atoms with Crippen LogP contribution in [0.2, 0.25) is 0 Å². The maximum absolute atomic E-state index is 13.4. The molecule has 0 saturated carbocycles. The van der Waals surface area contributed by atoms with Crippen molar-refractivity contribution < 1.29 is 59.6 Å². The Morgan fingerprint density at radius 3 is 1.84 bits per heavy atom. The molecule has 23 heteroatoms. The third kappa shape index (κ3) is 8.67. The van der Waals surface area contributed by atoms with E-state index in [1.54, 1.807) is 0 Å². The van der Waals surface area contributed by atoms with Gasteiger partial charge in [-0.05, 0) is 36.4 Å². The van der Waals surface area contributed by atoms with Gasteiger partial charge in [0.15, 0.2) is 0 Å². The number of hydrogen-bond donors (Lipinski definition) is 6. The van der Waals surface area contributed by atoms with E-state index in [1.807, 2.05) is 0 Å². The standard InChI is InChI=1S/C22H15F2N7O11S3/c23-20-9-21(27-22(24)26-20)25-10-1-3-18(44(35,36)37)14(5-10)30-28-12-7-13(17(33)8-16(12)32)29-31-15-6-11(43-42-41-34)2-4-19(15)45(38,39)40/h1-9,32-34H,(H,25,26,27)(H,35,36,37)(H,38,39,40)/b30-28+,31-29+. The Labute approximate surface area is 254 Å². The lowest BCUT2D eigenvalue weighted by atomic mass is 10.2. The Bertz CT molecular complexity index is 2030. The van der Waals surface area contributed by atoms with E-state index in [0.29, 0.717) is 12.0 Å². The number of aromatic nitrogens is 2. The van der Waals surface area contributed by atoms with E-state index in [4.69, 9.17) is 5.26 Å². The Kier molecular flexibility index (Phi) is 9.94. The number of hydrogen-bond acceptors (Lipinski definition) is 17. The van der Waals surface area contributed by atoms with Gasteiger partial charge in [0.2, 0.25) is 5.95 Å². The molecule has 0 aliphatic rings. The van der Waals surface area contributed by atoms with Crippen LogP contribution in [0.4, 0.5) is 43.0 Å². The molecule has 6 N–H and O–H groups in total. The Morgan fingerprint density at radius 2 is 1.29 bits per heavy atom. The number of nitrogens with zero attached hydrogens (tertiary/aromatic N) is 6. The van der Waals surface area contributed by atoms with Crippen LogP contribution in [-0.2, 0) is 29.6 Å². The van der Waals surface area contributed by atoms with Crippen molar-refractivity contribution in [3.05, 3.63) is 66.6 Å². The molecule has 18 nitrogen and oxygen atoms in total. The number of rotatable bonds is 11. The summed E-state index contributed by atoms with van der Waals surface area (Å²) in [6.45, 7) is 0. The van der Waals surface area contributed by atoms with Crippen molar-refractivity contribution in [1.82, 2.24) is 9.97 Å². The van der Waals surface area contributed by atoms with Gasteiger partial charge in [-0.15, -0.1) is 24.8 Å². The fraction of sp³-hybridized carbons (Fsp3) is 0. The van der Waals surface area contributed by atoms with Crippen molar-refractivity contribution in [1.29, 1.82) is 0 Å². The van der Waals surface area contributed by atoms with Crippen LogP contribution in [0.15, 0.2) is 89.7 Å². The fourth-order valence-electron chi connectivity index (χ4n) is 3.32. The molecule has 45 heavy (non-hydrogen) atoms.